The normalized spacial score (nSPS) is 12.7. The second-order valence-electron chi connectivity index (χ2n) is 4.16. The fourth-order valence-electron chi connectivity index (χ4n) is 1.79. The van der Waals surface area contributed by atoms with Crippen LogP contribution in [0.15, 0.2) is 0 Å². The van der Waals surface area contributed by atoms with E-state index in [1.54, 1.807) is 7.11 Å². The highest BCUT2D eigenvalue weighted by atomic mass is 16.5. The first-order valence-corrected chi connectivity index (χ1v) is 6.31. The van der Waals surface area contributed by atoms with E-state index >= 15 is 0 Å². The lowest BCUT2D eigenvalue weighted by Gasteiger charge is -2.13. The van der Waals surface area contributed by atoms with E-state index < -0.39 is 0 Å². The highest BCUT2D eigenvalue weighted by molar-refractivity contribution is 5.49. The lowest BCUT2D eigenvalue weighted by Crippen LogP contribution is -2.10. The van der Waals surface area contributed by atoms with Crippen LogP contribution in [-0.4, -0.2) is 19.5 Å². The number of ether oxygens (including phenoxy) is 1. The van der Waals surface area contributed by atoms with Crippen molar-refractivity contribution in [3.05, 3.63) is 0 Å². The number of rotatable bonds is 11. The summed E-state index contributed by atoms with van der Waals surface area (Å²) in [7, 11) is 1.74. The topological polar surface area (TPSA) is 26.3 Å². The summed E-state index contributed by atoms with van der Waals surface area (Å²) in [6.45, 7) is 2.24. The van der Waals surface area contributed by atoms with E-state index in [2.05, 4.69) is 6.92 Å². The predicted octanol–water partition coefficient (Wildman–Crippen LogP) is 3.73. The standard InChI is InChI=1S/C13H26O2/c1-3-4-5-6-7-8-10-13(15-2)11-9-12-14/h12-13H,3-11H2,1-2H3. The highest BCUT2D eigenvalue weighted by Crippen LogP contribution is 2.12. The Balaban J connectivity index is 3.26. The molecule has 0 aliphatic rings. The van der Waals surface area contributed by atoms with Gasteiger partial charge in [0.25, 0.3) is 0 Å². The van der Waals surface area contributed by atoms with Crippen molar-refractivity contribution in [1.29, 1.82) is 0 Å². The van der Waals surface area contributed by atoms with Gasteiger partial charge in [-0.1, -0.05) is 45.4 Å². The molecule has 0 fully saturated rings. The van der Waals surface area contributed by atoms with Crippen LogP contribution < -0.4 is 0 Å². The van der Waals surface area contributed by atoms with Gasteiger partial charge in [-0.25, -0.2) is 0 Å². The summed E-state index contributed by atoms with van der Waals surface area (Å²) >= 11 is 0. The monoisotopic (exact) mass is 214 g/mol. The molecule has 1 atom stereocenters. The van der Waals surface area contributed by atoms with E-state index in [4.69, 9.17) is 4.74 Å². The fourth-order valence-corrected chi connectivity index (χ4v) is 1.79. The maximum atomic E-state index is 10.2. The molecular formula is C13H26O2. The van der Waals surface area contributed by atoms with Crippen molar-refractivity contribution in [1.82, 2.24) is 0 Å². The summed E-state index contributed by atoms with van der Waals surface area (Å²) in [5.74, 6) is 0. The Bertz CT molecular complexity index is 134. The number of hydrogen-bond acceptors (Lipinski definition) is 2. The number of carbonyl (C=O) groups excluding carboxylic acids is 1. The smallest absolute Gasteiger partial charge is 0.120 e. The van der Waals surface area contributed by atoms with Crippen LogP contribution in [0.4, 0.5) is 0 Å². The van der Waals surface area contributed by atoms with Crippen molar-refractivity contribution >= 4 is 6.29 Å². The van der Waals surface area contributed by atoms with Crippen molar-refractivity contribution in [3.8, 4) is 0 Å². The molecule has 0 radical (unpaired) electrons. The van der Waals surface area contributed by atoms with Gasteiger partial charge >= 0.3 is 0 Å². The van der Waals surface area contributed by atoms with E-state index in [0.29, 0.717) is 12.5 Å². The highest BCUT2D eigenvalue weighted by Gasteiger charge is 2.05. The molecule has 0 aromatic rings. The molecule has 2 heteroatoms. The summed E-state index contributed by atoms with van der Waals surface area (Å²) < 4.78 is 5.32. The summed E-state index contributed by atoms with van der Waals surface area (Å²) in [4.78, 5) is 10.2. The number of unbranched alkanes of at least 4 members (excludes halogenated alkanes) is 5. The van der Waals surface area contributed by atoms with E-state index in [9.17, 15) is 4.79 Å². The third-order valence-electron chi connectivity index (χ3n) is 2.82. The van der Waals surface area contributed by atoms with Crippen LogP contribution >= 0.6 is 0 Å². The summed E-state index contributed by atoms with van der Waals surface area (Å²) in [5, 5.41) is 0. The summed E-state index contributed by atoms with van der Waals surface area (Å²) in [6, 6.07) is 0. The molecule has 0 N–H and O–H groups in total. The third-order valence-corrected chi connectivity index (χ3v) is 2.82. The zero-order valence-corrected chi connectivity index (χ0v) is 10.3. The zero-order valence-electron chi connectivity index (χ0n) is 10.3. The molecule has 90 valence electrons. The minimum absolute atomic E-state index is 0.293. The van der Waals surface area contributed by atoms with Gasteiger partial charge < -0.3 is 9.53 Å². The molecule has 2 nitrogen and oxygen atoms in total. The molecule has 0 amide bonds. The first-order valence-electron chi connectivity index (χ1n) is 6.31. The molecule has 0 heterocycles. The number of carbonyl (C=O) groups is 1. The van der Waals surface area contributed by atoms with Gasteiger partial charge in [0.05, 0.1) is 6.10 Å². The van der Waals surface area contributed by atoms with Crippen LogP contribution in [0.2, 0.25) is 0 Å². The second kappa shape index (κ2) is 11.7. The maximum absolute atomic E-state index is 10.2. The molecule has 0 saturated heterocycles. The Morgan fingerprint density at radius 2 is 1.73 bits per heavy atom. The zero-order chi connectivity index (χ0) is 11.4. The van der Waals surface area contributed by atoms with Gasteiger partial charge in [-0.2, -0.15) is 0 Å². The number of aldehydes is 1. The number of methoxy groups -OCH3 is 1. The average molecular weight is 214 g/mol. The van der Waals surface area contributed by atoms with Gasteiger partial charge in [-0.3, -0.25) is 0 Å². The van der Waals surface area contributed by atoms with E-state index in [0.717, 1.165) is 19.1 Å². The number of hydrogen-bond donors (Lipinski definition) is 0. The molecule has 0 bridgehead atoms. The van der Waals surface area contributed by atoms with E-state index in [-0.39, 0.29) is 0 Å². The Labute approximate surface area is 94.4 Å². The Morgan fingerprint density at radius 1 is 1.07 bits per heavy atom. The molecule has 0 aliphatic heterocycles. The minimum Gasteiger partial charge on any atom is -0.381 e. The first-order chi connectivity index (χ1) is 7.35. The molecule has 0 aromatic carbocycles. The van der Waals surface area contributed by atoms with Crippen molar-refractivity contribution < 1.29 is 9.53 Å². The van der Waals surface area contributed by atoms with Crippen molar-refractivity contribution in [2.45, 2.75) is 70.8 Å². The van der Waals surface area contributed by atoms with Gasteiger partial charge in [0.1, 0.15) is 6.29 Å². The minimum atomic E-state index is 0.293. The van der Waals surface area contributed by atoms with Crippen LogP contribution in [0.5, 0.6) is 0 Å². The summed E-state index contributed by atoms with van der Waals surface area (Å²) in [5.41, 5.74) is 0. The molecule has 15 heavy (non-hydrogen) atoms. The maximum Gasteiger partial charge on any atom is 0.120 e. The molecule has 0 aliphatic carbocycles. The Kier molecular flexibility index (Phi) is 11.4. The lowest BCUT2D eigenvalue weighted by atomic mass is 10.0. The first kappa shape index (κ1) is 14.6. The van der Waals surface area contributed by atoms with E-state index in [1.807, 2.05) is 0 Å². The Morgan fingerprint density at radius 3 is 2.33 bits per heavy atom. The molecule has 0 saturated carbocycles. The quantitative estimate of drug-likeness (QED) is 0.387. The van der Waals surface area contributed by atoms with Crippen molar-refractivity contribution in [3.63, 3.8) is 0 Å². The molecule has 0 rings (SSSR count). The SMILES string of the molecule is CCCCCCCCC(CCC=O)OC. The van der Waals surface area contributed by atoms with Crippen LogP contribution in [0.1, 0.15) is 64.7 Å². The average Bonchev–Trinajstić information content (AvgIpc) is 2.27. The fraction of sp³-hybridized carbons (Fsp3) is 0.923. The third kappa shape index (κ3) is 9.92. The van der Waals surface area contributed by atoms with Crippen LogP contribution in [0, 0.1) is 0 Å². The van der Waals surface area contributed by atoms with E-state index in [1.165, 1.54) is 38.5 Å². The Hall–Kier alpha value is -0.370. The van der Waals surface area contributed by atoms with Crippen LogP contribution in [-0.2, 0) is 9.53 Å². The summed E-state index contributed by atoms with van der Waals surface area (Å²) in [6.07, 6.45) is 11.8. The molecule has 1 unspecified atom stereocenters. The molecular weight excluding hydrogens is 188 g/mol. The van der Waals surface area contributed by atoms with Gasteiger partial charge in [0, 0.05) is 13.5 Å². The predicted molar refractivity (Wildman–Crippen MR) is 64.1 cm³/mol. The molecule has 0 aromatic heterocycles. The van der Waals surface area contributed by atoms with Gasteiger partial charge in [0.2, 0.25) is 0 Å². The molecule has 0 spiro atoms. The van der Waals surface area contributed by atoms with Crippen LogP contribution in [0.3, 0.4) is 0 Å². The van der Waals surface area contributed by atoms with Gasteiger partial charge in [0.15, 0.2) is 0 Å². The largest absolute Gasteiger partial charge is 0.381 e. The van der Waals surface area contributed by atoms with Crippen molar-refractivity contribution in [2.75, 3.05) is 7.11 Å². The lowest BCUT2D eigenvalue weighted by molar-refractivity contribution is -0.108. The second-order valence-corrected chi connectivity index (χ2v) is 4.16. The van der Waals surface area contributed by atoms with Crippen LogP contribution in [0.25, 0.3) is 0 Å². The van der Waals surface area contributed by atoms with Gasteiger partial charge in [-0.05, 0) is 12.8 Å². The van der Waals surface area contributed by atoms with Gasteiger partial charge in [-0.15, -0.1) is 0 Å². The van der Waals surface area contributed by atoms with Crippen molar-refractivity contribution in [2.24, 2.45) is 0 Å².